The molecule has 0 aromatic carbocycles. The van der Waals surface area contributed by atoms with Crippen molar-refractivity contribution < 1.29 is 0 Å². The van der Waals surface area contributed by atoms with E-state index < -0.39 is 0 Å². The highest BCUT2D eigenvalue weighted by Gasteiger charge is 2.11. The summed E-state index contributed by atoms with van der Waals surface area (Å²) in [5, 5.41) is 2.86. The number of aliphatic imine (C=N–C) groups is 1. The molecule has 0 aliphatic carbocycles. The van der Waals surface area contributed by atoms with Gasteiger partial charge in [0.1, 0.15) is 11.8 Å². The molecule has 0 amide bonds. The summed E-state index contributed by atoms with van der Waals surface area (Å²) in [6.45, 7) is 0. The van der Waals surface area contributed by atoms with Gasteiger partial charge in [-0.25, -0.2) is 9.98 Å². The molecule has 0 radical (unpaired) electrons. The topological polar surface area (TPSA) is 88.6 Å². The molecule has 0 unspecified atom stereocenters. The zero-order valence-corrected chi connectivity index (χ0v) is 9.83. The summed E-state index contributed by atoms with van der Waals surface area (Å²) in [4.78, 5) is 28.0. The Bertz CT molecular complexity index is 591. The van der Waals surface area contributed by atoms with E-state index in [-0.39, 0.29) is 16.7 Å². The quantitative estimate of drug-likeness (QED) is 0.355. The minimum atomic E-state index is 0.128. The lowest BCUT2D eigenvalue weighted by atomic mass is 10.5. The van der Waals surface area contributed by atoms with Crippen molar-refractivity contribution >= 4 is 35.1 Å². The van der Waals surface area contributed by atoms with Crippen molar-refractivity contribution in [1.82, 2.24) is 24.5 Å². The van der Waals surface area contributed by atoms with Crippen LogP contribution in [0.3, 0.4) is 0 Å². The van der Waals surface area contributed by atoms with E-state index in [1.807, 2.05) is 0 Å². The fraction of sp³-hybridized carbons (Fsp3) is 0.250. The normalized spacial score (nSPS) is 11.2. The van der Waals surface area contributed by atoms with Gasteiger partial charge < -0.3 is 4.90 Å². The van der Waals surface area contributed by atoms with E-state index in [2.05, 4.69) is 25.2 Å². The number of hydrogen-bond acceptors (Lipinski definition) is 6. The number of imidazole rings is 1. The van der Waals surface area contributed by atoms with Gasteiger partial charge in [-0.2, -0.15) is 14.6 Å². The van der Waals surface area contributed by atoms with Crippen LogP contribution in [-0.2, 0) is 0 Å². The van der Waals surface area contributed by atoms with Crippen LogP contribution in [0.25, 0.3) is 11.2 Å². The maximum Gasteiger partial charge on any atom is 0.254 e. The zero-order chi connectivity index (χ0) is 12.4. The van der Waals surface area contributed by atoms with Crippen LogP contribution in [0.2, 0.25) is 5.15 Å². The predicted octanol–water partition coefficient (Wildman–Crippen LogP) is 1.23. The molecule has 0 fully saturated rings. The van der Waals surface area contributed by atoms with Gasteiger partial charge in [0, 0.05) is 14.1 Å². The van der Waals surface area contributed by atoms with E-state index in [0.29, 0.717) is 5.52 Å². The van der Waals surface area contributed by atoms with Gasteiger partial charge in [-0.3, -0.25) is 0 Å². The van der Waals surface area contributed by atoms with Crippen LogP contribution < -0.4 is 0 Å². The highest BCUT2D eigenvalue weighted by atomic mass is 35.5. The maximum atomic E-state index is 10.5. The van der Waals surface area contributed by atoms with Crippen molar-refractivity contribution in [1.29, 1.82) is 0 Å². The molecule has 0 spiro atoms. The maximum absolute atomic E-state index is 10.5. The molecule has 88 valence electrons. The third kappa shape index (κ3) is 2.21. The van der Waals surface area contributed by atoms with E-state index in [1.54, 1.807) is 19.0 Å². The lowest BCUT2D eigenvalue weighted by Gasteiger charge is -2.01. The number of nitrogens with zero attached hydrogens (tertiary/aromatic N) is 7. The number of halogens is 1. The summed E-state index contributed by atoms with van der Waals surface area (Å²) in [5.41, 5.74) is 0.543. The number of rotatable bonds is 3. The molecule has 2 aromatic heterocycles. The molecule has 0 aliphatic rings. The first kappa shape index (κ1) is 11.4. The first-order chi connectivity index (χ1) is 8.11. The smallest absolute Gasteiger partial charge is 0.254 e. The van der Waals surface area contributed by atoms with Crippen molar-refractivity contribution in [3.05, 3.63) is 16.4 Å². The van der Waals surface area contributed by atoms with Crippen molar-refractivity contribution in [3.8, 4) is 0 Å². The number of nitroso groups, excluding NO2 is 1. The second-order valence-corrected chi connectivity index (χ2v) is 3.72. The molecule has 0 bridgehead atoms. The van der Waals surface area contributed by atoms with Crippen molar-refractivity contribution in [2.24, 2.45) is 10.3 Å². The molecule has 9 heteroatoms. The van der Waals surface area contributed by atoms with Crippen LogP contribution in [0.15, 0.2) is 16.6 Å². The highest BCUT2D eigenvalue weighted by Crippen LogP contribution is 2.21. The van der Waals surface area contributed by atoms with Crippen LogP contribution >= 0.6 is 11.6 Å². The highest BCUT2D eigenvalue weighted by molar-refractivity contribution is 6.33. The van der Waals surface area contributed by atoms with Crippen LogP contribution in [0, 0.1) is 4.91 Å². The van der Waals surface area contributed by atoms with Crippen LogP contribution in [0.5, 0.6) is 0 Å². The molecule has 2 rings (SSSR count). The fourth-order valence-corrected chi connectivity index (χ4v) is 1.34. The van der Waals surface area contributed by atoms with Gasteiger partial charge in [0.05, 0.1) is 11.6 Å². The summed E-state index contributed by atoms with van der Waals surface area (Å²) in [6, 6.07) is 0. The van der Waals surface area contributed by atoms with Crippen molar-refractivity contribution in [2.75, 3.05) is 14.1 Å². The number of hydrogen-bond donors (Lipinski definition) is 0. The molecule has 2 heterocycles. The van der Waals surface area contributed by atoms with Gasteiger partial charge in [0.15, 0.2) is 10.8 Å². The van der Waals surface area contributed by atoms with E-state index >= 15 is 0 Å². The molecule has 0 N–H and O–H groups in total. The Kier molecular flexibility index (Phi) is 2.96. The number of aromatic nitrogens is 4. The minimum absolute atomic E-state index is 0.128. The Hall–Kier alpha value is -2.09. The monoisotopic (exact) mass is 253 g/mol. The zero-order valence-electron chi connectivity index (χ0n) is 9.07. The summed E-state index contributed by atoms with van der Waals surface area (Å²) < 4.78 is 0.970. The first-order valence-corrected chi connectivity index (χ1v) is 4.94. The molecule has 2 aromatic rings. The van der Waals surface area contributed by atoms with E-state index in [1.165, 1.54) is 12.7 Å². The average molecular weight is 254 g/mol. The van der Waals surface area contributed by atoms with Gasteiger partial charge >= 0.3 is 0 Å². The van der Waals surface area contributed by atoms with Crippen molar-refractivity contribution in [2.45, 2.75) is 0 Å². The SMILES string of the molecule is CN(C)C=Nc1nc(Cl)c2ncn(N=O)c2n1. The van der Waals surface area contributed by atoms with Crippen LogP contribution in [0.1, 0.15) is 0 Å². The Labute approximate surface area is 101 Å². The summed E-state index contributed by atoms with van der Waals surface area (Å²) in [7, 11) is 3.61. The lowest BCUT2D eigenvalue weighted by molar-refractivity contribution is 0.642. The Morgan fingerprint density at radius 3 is 2.88 bits per heavy atom. The molecule has 0 aliphatic heterocycles. The summed E-state index contributed by atoms with van der Waals surface area (Å²) in [5.74, 6) is 0.140. The third-order valence-electron chi connectivity index (χ3n) is 1.82. The molecular formula is C8H8ClN7O. The van der Waals surface area contributed by atoms with Gasteiger partial charge in [-0.1, -0.05) is 11.6 Å². The summed E-state index contributed by atoms with van der Waals surface area (Å²) >= 11 is 5.89. The first-order valence-electron chi connectivity index (χ1n) is 4.56. The van der Waals surface area contributed by atoms with Crippen molar-refractivity contribution in [3.63, 3.8) is 0 Å². The second-order valence-electron chi connectivity index (χ2n) is 3.37. The predicted molar refractivity (Wildman–Crippen MR) is 63.4 cm³/mol. The fourth-order valence-electron chi connectivity index (χ4n) is 1.13. The van der Waals surface area contributed by atoms with Crippen LogP contribution in [-0.4, -0.2) is 45.0 Å². The van der Waals surface area contributed by atoms with Gasteiger partial charge in [0.25, 0.3) is 5.95 Å². The minimum Gasteiger partial charge on any atom is -0.369 e. The lowest BCUT2D eigenvalue weighted by Crippen LogP contribution is -2.07. The molecule has 0 saturated heterocycles. The standard InChI is InChI=1S/C8H8ClN7O/c1-15(2)3-11-8-12-6(9)5-7(13-8)16(14-17)4-10-5/h3-4H,1-2H3. The summed E-state index contributed by atoms with van der Waals surface area (Å²) in [6.07, 6.45) is 2.74. The number of fused-ring (bicyclic) bond motifs is 1. The Morgan fingerprint density at radius 1 is 1.47 bits per heavy atom. The van der Waals surface area contributed by atoms with E-state index in [9.17, 15) is 4.91 Å². The van der Waals surface area contributed by atoms with Gasteiger partial charge in [-0.05, 0) is 0 Å². The van der Waals surface area contributed by atoms with E-state index in [4.69, 9.17) is 11.6 Å². The molecule has 0 saturated carbocycles. The Balaban J connectivity index is 2.56. The van der Waals surface area contributed by atoms with Gasteiger partial charge in [0.2, 0.25) is 0 Å². The van der Waals surface area contributed by atoms with Gasteiger partial charge in [-0.15, -0.1) is 4.91 Å². The molecular weight excluding hydrogens is 246 g/mol. The average Bonchev–Trinajstić information content (AvgIpc) is 2.69. The largest absolute Gasteiger partial charge is 0.369 e. The Morgan fingerprint density at radius 2 is 2.24 bits per heavy atom. The van der Waals surface area contributed by atoms with Crippen LogP contribution in [0.4, 0.5) is 5.95 Å². The second kappa shape index (κ2) is 4.42. The molecule has 0 atom stereocenters. The third-order valence-corrected chi connectivity index (χ3v) is 2.08. The molecule has 8 nitrogen and oxygen atoms in total. The van der Waals surface area contributed by atoms with E-state index in [0.717, 1.165) is 4.68 Å². The molecule has 17 heavy (non-hydrogen) atoms.